The molecule has 0 bridgehead atoms. The molecule has 3 rings (SSSR count). The molecule has 1 aromatic rings. The fraction of sp³-hybridized carbons (Fsp3) is 0.647. The molecule has 1 atom stereocenters. The predicted octanol–water partition coefficient (Wildman–Crippen LogP) is 2.24. The summed E-state index contributed by atoms with van der Waals surface area (Å²) < 4.78 is 32.9. The zero-order valence-electron chi connectivity index (χ0n) is 13.7. The van der Waals surface area contributed by atoms with E-state index in [4.69, 9.17) is 4.74 Å². The van der Waals surface area contributed by atoms with Crippen molar-refractivity contribution < 1.29 is 13.2 Å². The van der Waals surface area contributed by atoms with E-state index in [0.29, 0.717) is 23.3 Å². The largest absolute Gasteiger partial charge is 0.381 e. The molecule has 2 saturated heterocycles. The Bertz CT molecular complexity index is 618. The van der Waals surface area contributed by atoms with Crippen LogP contribution in [0.3, 0.4) is 0 Å². The van der Waals surface area contributed by atoms with Gasteiger partial charge >= 0.3 is 0 Å². The van der Waals surface area contributed by atoms with Crippen LogP contribution in [0.25, 0.3) is 0 Å². The van der Waals surface area contributed by atoms with Crippen LogP contribution in [0.15, 0.2) is 29.2 Å². The molecule has 1 N–H and O–H groups in total. The Morgan fingerprint density at radius 2 is 1.91 bits per heavy atom. The molecular formula is C17H26N2O3S. The highest BCUT2D eigenvalue weighted by molar-refractivity contribution is 7.89. The molecule has 128 valence electrons. The van der Waals surface area contributed by atoms with E-state index in [9.17, 15) is 8.42 Å². The molecule has 6 heteroatoms. The fourth-order valence-corrected chi connectivity index (χ4v) is 5.02. The zero-order valence-corrected chi connectivity index (χ0v) is 14.5. The van der Waals surface area contributed by atoms with E-state index >= 15 is 0 Å². The number of ether oxygens (including phenoxy) is 1. The topological polar surface area (TPSA) is 58.6 Å². The summed E-state index contributed by atoms with van der Waals surface area (Å²) in [5.74, 6) is 1.41. The van der Waals surface area contributed by atoms with Gasteiger partial charge in [-0.2, -0.15) is 0 Å². The van der Waals surface area contributed by atoms with Crippen molar-refractivity contribution in [2.45, 2.75) is 31.1 Å². The van der Waals surface area contributed by atoms with Gasteiger partial charge in [-0.15, -0.1) is 0 Å². The van der Waals surface area contributed by atoms with Crippen LogP contribution in [-0.4, -0.2) is 41.3 Å². The highest BCUT2D eigenvalue weighted by Gasteiger charge is 2.30. The highest BCUT2D eigenvalue weighted by atomic mass is 32.2. The molecule has 0 radical (unpaired) electrons. The van der Waals surface area contributed by atoms with Crippen molar-refractivity contribution in [3.63, 3.8) is 0 Å². The van der Waals surface area contributed by atoms with Crippen molar-refractivity contribution >= 4 is 15.7 Å². The number of benzene rings is 1. The summed E-state index contributed by atoms with van der Waals surface area (Å²) in [5.41, 5.74) is 0.828. The Hall–Kier alpha value is -1.11. The van der Waals surface area contributed by atoms with Gasteiger partial charge in [0.15, 0.2) is 0 Å². The maximum absolute atomic E-state index is 12.4. The van der Waals surface area contributed by atoms with Gasteiger partial charge in [-0.05, 0) is 43.2 Å². The number of anilines is 1. The van der Waals surface area contributed by atoms with E-state index in [1.54, 1.807) is 19.1 Å². The SMILES string of the molecule is CCNS(=O)(=O)c1ccccc1N1CCC(C2CCOC2)CC1. The Kier molecular flexibility index (Phi) is 5.24. The maximum atomic E-state index is 12.4. The van der Waals surface area contributed by atoms with Gasteiger partial charge in [0, 0.05) is 32.8 Å². The second-order valence-corrected chi connectivity index (χ2v) is 8.15. The molecule has 1 unspecified atom stereocenters. The smallest absolute Gasteiger partial charge is 0.242 e. The quantitative estimate of drug-likeness (QED) is 0.894. The first-order chi connectivity index (χ1) is 11.1. The Morgan fingerprint density at radius 3 is 2.57 bits per heavy atom. The number of sulfonamides is 1. The maximum Gasteiger partial charge on any atom is 0.242 e. The average molecular weight is 338 g/mol. The molecule has 5 nitrogen and oxygen atoms in total. The third-order valence-electron chi connectivity index (χ3n) is 5.00. The van der Waals surface area contributed by atoms with E-state index < -0.39 is 10.0 Å². The van der Waals surface area contributed by atoms with Gasteiger partial charge in [0.1, 0.15) is 4.90 Å². The number of piperidine rings is 1. The summed E-state index contributed by atoms with van der Waals surface area (Å²) in [4.78, 5) is 2.61. The summed E-state index contributed by atoms with van der Waals surface area (Å²) >= 11 is 0. The number of nitrogens with one attached hydrogen (secondary N) is 1. The number of para-hydroxylation sites is 1. The van der Waals surface area contributed by atoms with E-state index in [0.717, 1.165) is 44.8 Å². The first kappa shape index (κ1) is 16.7. The number of hydrogen-bond donors (Lipinski definition) is 1. The van der Waals surface area contributed by atoms with Crippen molar-refractivity contribution in [2.75, 3.05) is 37.7 Å². The predicted molar refractivity (Wildman–Crippen MR) is 91.2 cm³/mol. The summed E-state index contributed by atoms with van der Waals surface area (Å²) in [6.07, 6.45) is 3.41. The standard InChI is InChI=1S/C17H26N2O3S/c1-2-18-23(20,21)17-6-4-3-5-16(17)19-10-7-14(8-11-19)15-9-12-22-13-15/h3-6,14-15,18H,2,7-13H2,1H3. The second kappa shape index (κ2) is 7.20. The van der Waals surface area contributed by atoms with E-state index in [-0.39, 0.29) is 0 Å². The molecule has 2 fully saturated rings. The Labute approximate surface area is 139 Å². The van der Waals surface area contributed by atoms with Crippen molar-refractivity contribution in [1.29, 1.82) is 0 Å². The molecule has 0 amide bonds. The molecule has 0 aliphatic carbocycles. The van der Waals surface area contributed by atoms with Gasteiger partial charge in [0.05, 0.1) is 5.69 Å². The number of hydrogen-bond acceptors (Lipinski definition) is 4. The van der Waals surface area contributed by atoms with Crippen LogP contribution >= 0.6 is 0 Å². The molecule has 1 aromatic carbocycles. The second-order valence-electron chi connectivity index (χ2n) is 6.42. The summed E-state index contributed by atoms with van der Waals surface area (Å²) in [7, 11) is -3.43. The fourth-order valence-electron chi connectivity index (χ4n) is 3.75. The van der Waals surface area contributed by atoms with Crippen molar-refractivity contribution in [3.8, 4) is 0 Å². The molecule has 2 heterocycles. The molecule has 0 spiro atoms. The zero-order chi connectivity index (χ0) is 16.3. The first-order valence-corrected chi connectivity index (χ1v) is 10.0. The number of rotatable bonds is 5. The van der Waals surface area contributed by atoms with Gasteiger partial charge in [0.2, 0.25) is 10.0 Å². The van der Waals surface area contributed by atoms with Gasteiger partial charge in [-0.1, -0.05) is 19.1 Å². The lowest BCUT2D eigenvalue weighted by Gasteiger charge is -2.36. The van der Waals surface area contributed by atoms with E-state index in [1.165, 1.54) is 6.42 Å². The van der Waals surface area contributed by atoms with Crippen LogP contribution in [0.2, 0.25) is 0 Å². The lowest BCUT2D eigenvalue weighted by atomic mass is 9.84. The lowest BCUT2D eigenvalue weighted by molar-refractivity contribution is 0.164. The highest BCUT2D eigenvalue weighted by Crippen LogP contribution is 2.34. The first-order valence-electron chi connectivity index (χ1n) is 8.53. The molecule has 0 saturated carbocycles. The van der Waals surface area contributed by atoms with Crippen LogP contribution in [0.4, 0.5) is 5.69 Å². The minimum Gasteiger partial charge on any atom is -0.381 e. The Balaban J connectivity index is 1.73. The lowest BCUT2D eigenvalue weighted by Crippen LogP contribution is -2.37. The molecule has 23 heavy (non-hydrogen) atoms. The minimum absolute atomic E-state index is 0.393. The summed E-state index contributed by atoms with van der Waals surface area (Å²) in [6.45, 7) is 5.83. The summed E-state index contributed by atoms with van der Waals surface area (Å²) in [6, 6.07) is 7.32. The third kappa shape index (κ3) is 3.70. The van der Waals surface area contributed by atoms with Crippen LogP contribution in [-0.2, 0) is 14.8 Å². The van der Waals surface area contributed by atoms with Crippen LogP contribution in [0.5, 0.6) is 0 Å². The van der Waals surface area contributed by atoms with Crippen molar-refractivity contribution in [3.05, 3.63) is 24.3 Å². The molecule has 2 aliphatic heterocycles. The molecule has 2 aliphatic rings. The average Bonchev–Trinajstić information content (AvgIpc) is 3.09. The van der Waals surface area contributed by atoms with Gasteiger partial charge in [-0.3, -0.25) is 0 Å². The van der Waals surface area contributed by atoms with E-state index in [1.807, 2.05) is 12.1 Å². The number of nitrogens with zero attached hydrogens (tertiary/aromatic N) is 1. The minimum atomic E-state index is -3.43. The molecule has 0 aromatic heterocycles. The Morgan fingerprint density at radius 1 is 1.17 bits per heavy atom. The van der Waals surface area contributed by atoms with Crippen LogP contribution in [0, 0.1) is 11.8 Å². The normalized spacial score (nSPS) is 23.3. The van der Waals surface area contributed by atoms with E-state index in [2.05, 4.69) is 9.62 Å². The van der Waals surface area contributed by atoms with Gasteiger partial charge < -0.3 is 9.64 Å². The third-order valence-corrected chi connectivity index (χ3v) is 6.59. The summed E-state index contributed by atoms with van der Waals surface area (Å²) in [5, 5.41) is 0. The monoisotopic (exact) mass is 338 g/mol. The van der Waals surface area contributed by atoms with Gasteiger partial charge in [0.25, 0.3) is 0 Å². The van der Waals surface area contributed by atoms with Crippen molar-refractivity contribution in [2.24, 2.45) is 11.8 Å². The van der Waals surface area contributed by atoms with Gasteiger partial charge in [-0.25, -0.2) is 13.1 Å². The van der Waals surface area contributed by atoms with Crippen LogP contribution < -0.4 is 9.62 Å². The van der Waals surface area contributed by atoms with Crippen LogP contribution in [0.1, 0.15) is 26.2 Å². The van der Waals surface area contributed by atoms with Crippen molar-refractivity contribution in [1.82, 2.24) is 4.72 Å². The molecular weight excluding hydrogens is 312 g/mol.